The fraction of sp³-hybridized carbons (Fsp3) is 0.333. The van der Waals surface area contributed by atoms with E-state index in [-0.39, 0.29) is 11.7 Å². The van der Waals surface area contributed by atoms with Crippen LogP contribution in [0.4, 0.5) is 0 Å². The van der Waals surface area contributed by atoms with E-state index in [9.17, 15) is 4.79 Å². The Balaban J connectivity index is 2.42. The lowest BCUT2D eigenvalue weighted by molar-refractivity contribution is -0.117. The van der Waals surface area contributed by atoms with E-state index in [1.165, 1.54) is 0 Å². The van der Waals surface area contributed by atoms with Gasteiger partial charge in [0, 0.05) is 5.92 Å². The number of nitrogens with zero attached hydrogens (tertiary/aromatic N) is 1. The van der Waals surface area contributed by atoms with Crippen LogP contribution in [-0.4, -0.2) is 5.78 Å². The molecule has 0 radical (unpaired) electrons. The van der Waals surface area contributed by atoms with E-state index >= 15 is 0 Å². The molecule has 2 rings (SSSR count). The van der Waals surface area contributed by atoms with Gasteiger partial charge in [0.1, 0.15) is 0 Å². The third-order valence-corrected chi connectivity index (χ3v) is 3.32. The lowest BCUT2D eigenvalue weighted by Crippen LogP contribution is -2.19. The van der Waals surface area contributed by atoms with E-state index in [1.807, 2.05) is 12.1 Å². The summed E-state index contributed by atoms with van der Waals surface area (Å²) in [5.74, 6) is 0.0830. The zero-order chi connectivity index (χ0) is 12.4. The van der Waals surface area contributed by atoms with Crippen molar-refractivity contribution in [3.63, 3.8) is 0 Å². The summed E-state index contributed by atoms with van der Waals surface area (Å²) in [5.41, 5.74) is 3.53. The molecule has 1 aliphatic rings. The molecule has 0 spiro atoms. The van der Waals surface area contributed by atoms with Gasteiger partial charge in [-0.15, -0.1) is 0 Å². The number of carbonyl (C=O) groups excluding carboxylic acids is 1. The van der Waals surface area contributed by atoms with E-state index < -0.39 is 0 Å². The van der Waals surface area contributed by atoms with Crippen molar-refractivity contribution in [2.75, 3.05) is 0 Å². The van der Waals surface area contributed by atoms with Gasteiger partial charge in [0.2, 0.25) is 0 Å². The number of rotatable bonds is 2. The van der Waals surface area contributed by atoms with Gasteiger partial charge in [0.05, 0.1) is 11.6 Å². The first kappa shape index (κ1) is 11.6. The lowest BCUT2D eigenvalue weighted by atomic mass is 9.78. The van der Waals surface area contributed by atoms with E-state index in [4.69, 9.17) is 5.26 Å². The zero-order valence-electron chi connectivity index (χ0n) is 9.99. The number of Topliss-reactive ketones (excluding diaryl/α,β-unsaturated/α-hetero) is 1. The summed E-state index contributed by atoms with van der Waals surface area (Å²) in [7, 11) is 0. The molecule has 1 atom stereocenters. The van der Waals surface area contributed by atoms with Gasteiger partial charge in [-0.25, -0.2) is 0 Å². The minimum atomic E-state index is -0.0519. The molecule has 0 fully saturated rings. The number of nitriles is 1. The second-order valence-electron chi connectivity index (χ2n) is 4.61. The minimum Gasteiger partial charge on any atom is -0.294 e. The van der Waals surface area contributed by atoms with Gasteiger partial charge in [-0.05, 0) is 55.0 Å². The SMILES string of the molecule is C=C(C)C(=O)C1CCCc2cc(C#N)ccc21. The van der Waals surface area contributed by atoms with Crippen molar-refractivity contribution < 1.29 is 4.79 Å². The Morgan fingerprint density at radius 3 is 2.94 bits per heavy atom. The number of hydrogen-bond acceptors (Lipinski definition) is 2. The Labute approximate surface area is 102 Å². The summed E-state index contributed by atoms with van der Waals surface area (Å²) in [5, 5.41) is 8.87. The van der Waals surface area contributed by atoms with Crippen molar-refractivity contribution in [2.24, 2.45) is 0 Å². The van der Waals surface area contributed by atoms with Crippen LogP contribution in [0, 0.1) is 11.3 Å². The molecule has 17 heavy (non-hydrogen) atoms. The molecule has 0 heterocycles. The van der Waals surface area contributed by atoms with Crippen molar-refractivity contribution in [2.45, 2.75) is 32.1 Å². The van der Waals surface area contributed by atoms with Gasteiger partial charge in [0.25, 0.3) is 0 Å². The summed E-state index contributed by atoms with van der Waals surface area (Å²) >= 11 is 0. The van der Waals surface area contributed by atoms with Crippen LogP contribution in [0.5, 0.6) is 0 Å². The van der Waals surface area contributed by atoms with Crippen molar-refractivity contribution in [3.05, 3.63) is 47.0 Å². The van der Waals surface area contributed by atoms with Crippen LogP contribution in [0.1, 0.15) is 42.4 Å². The highest BCUT2D eigenvalue weighted by atomic mass is 16.1. The molecule has 0 aromatic heterocycles. The molecule has 2 nitrogen and oxygen atoms in total. The number of ketones is 1. The van der Waals surface area contributed by atoms with Gasteiger partial charge in [-0.3, -0.25) is 4.79 Å². The second kappa shape index (κ2) is 4.55. The molecular formula is C15H15NO. The van der Waals surface area contributed by atoms with Crippen LogP contribution in [0.3, 0.4) is 0 Å². The Bertz CT molecular complexity index is 522. The molecule has 1 aliphatic carbocycles. The maximum Gasteiger partial charge on any atom is 0.165 e. The van der Waals surface area contributed by atoms with Crippen LogP contribution in [0.15, 0.2) is 30.4 Å². The Morgan fingerprint density at radius 1 is 1.53 bits per heavy atom. The Hall–Kier alpha value is -1.88. The van der Waals surface area contributed by atoms with Gasteiger partial charge < -0.3 is 0 Å². The third-order valence-electron chi connectivity index (χ3n) is 3.32. The molecule has 0 N–H and O–H groups in total. The number of aryl methyl sites for hydroxylation is 1. The van der Waals surface area contributed by atoms with Crippen molar-refractivity contribution in [1.82, 2.24) is 0 Å². The number of carbonyl (C=O) groups is 1. The largest absolute Gasteiger partial charge is 0.294 e. The standard InChI is InChI=1S/C15H15NO/c1-10(2)15(17)14-5-3-4-12-8-11(9-16)6-7-13(12)14/h6-8,14H,1,3-5H2,2H3. The van der Waals surface area contributed by atoms with Crippen molar-refractivity contribution in [3.8, 4) is 6.07 Å². The van der Waals surface area contributed by atoms with Gasteiger partial charge in [-0.2, -0.15) is 5.26 Å². The Kier molecular flexibility index (Phi) is 3.10. The molecule has 0 amide bonds. The average Bonchev–Trinajstić information content (AvgIpc) is 2.36. The number of fused-ring (bicyclic) bond motifs is 1. The summed E-state index contributed by atoms with van der Waals surface area (Å²) in [6, 6.07) is 7.77. The minimum absolute atomic E-state index is 0.0519. The van der Waals surface area contributed by atoms with Crippen LogP contribution in [-0.2, 0) is 11.2 Å². The van der Waals surface area contributed by atoms with Crippen LogP contribution >= 0.6 is 0 Å². The molecular weight excluding hydrogens is 210 g/mol. The normalized spacial score (nSPS) is 18.0. The zero-order valence-corrected chi connectivity index (χ0v) is 9.99. The first-order valence-electron chi connectivity index (χ1n) is 5.86. The smallest absolute Gasteiger partial charge is 0.165 e. The first-order valence-corrected chi connectivity index (χ1v) is 5.86. The Morgan fingerprint density at radius 2 is 2.29 bits per heavy atom. The maximum absolute atomic E-state index is 12.1. The van der Waals surface area contributed by atoms with E-state index in [0.29, 0.717) is 11.1 Å². The second-order valence-corrected chi connectivity index (χ2v) is 4.61. The fourth-order valence-electron chi connectivity index (χ4n) is 2.45. The molecule has 0 saturated heterocycles. The number of benzene rings is 1. The monoisotopic (exact) mass is 225 g/mol. The number of hydrogen-bond donors (Lipinski definition) is 0. The van der Waals surface area contributed by atoms with Crippen molar-refractivity contribution >= 4 is 5.78 Å². The molecule has 0 aliphatic heterocycles. The molecule has 1 unspecified atom stereocenters. The van der Waals surface area contributed by atoms with Crippen LogP contribution < -0.4 is 0 Å². The highest BCUT2D eigenvalue weighted by Crippen LogP contribution is 2.34. The van der Waals surface area contributed by atoms with Crippen molar-refractivity contribution in [1.29, 1.82) is 5.26 Å². The molecule has 2 heteroatoms. The highest BCUT2D eigenvalue weighted by molar-refractivity contribution is 5.99. The fourth-order valence-corrected chi connectivity index (χ4v) is 2.45. The van der Waals surface area contributed by atoms with Gasteiger partial charge in [0.15, 0.2) is 5.78 Å². The quantitative estimate of drug-likeness (QED) is 0.725. The predicted molar refractivity (Wildman–Crippen MR) is 66.7 cm³/mol. The van der Waals surface area contributed by atoms with Gasteiger partial charge >= 0.3 is 0 Å². The molecule has 0 bridgehead atoms. The topological polar surface area (TPSA) is 40.9 Å². The van der Waals surface area contributed by atoms with Gasteiger partial charge in [-0.1, -0.05) is 12.6 Å². The summed E-state index contributed by atoms with van der Waals surface area (Å²) < 4.78 is 0. The predicted octanol–water partition coefficient (Wildman–Crippen LogP) is 3.12. The van der Waals surface area contributed by atoms with E-state index in [1.54, 1.807) is 13.0 Å². The summed E-state index contributed by atoms with van der Waals surface area (Å²) in [4.78, 5) is 12.1. The summed E-state index contributed by atoms with van der Waals surface area (Å²) in [6.07, 6.45) is 2.86. The summed E-state index contributed by atoms with van der Waals surface area (Å²) in [6.45, 7) is 5.50. The number of allylic oxidation sites excluding steroid dienone is 1. The highest BCUT2D eigenvalue weighted by Gasteiger charge is 2.26. The van der Waals surface area contributed by atoms with E-state index in [0.717, 1.165) is 30.4 Å². The first-order chi connectivity index (χ1) is 8.13. The molecule has 1 aromatic carbocycles. The lowest BCUT2D eigenvalue weighted by Gasteiger charge is -2.24. The molecule has 86 valence electrons. The van der Waals surface area contributed by atoms with Crippen LogP contribution in [0.25, 0.3) is 0 Å². The third kappa shape index (κ3) is 2.14. The van der Waals surface area contributed by atoms with E-state index in [2.05, 4.69) is 12.6 Å². The van der Waals surface area contributed by atoms with Crippen LogP contribution in [0.2, 0.25) is 0 Å². The maximum atomic E-state index is 12.1. The molecule has 1 aromatic rings. The average molecular weight is 225 g/mol. The molecule has 0 saturated carbocycles.